The van der Waals surface area contributed by atoms with E-state index in [1.54, 1.807) is 18.2 Å². The number of benzene rings is 1. The predicted octanol–water partition coefficient (Wildman–Crippen LogP) is 2.71. The molecule has 0 fully saturated rings. The number of ketones is 2. The Hall–Kier alpha value is -2.89. The summed E-state index contributed by atoms with van der Waals surface area (Å²) >= 11 is 0. The molecule has 1 aromatic rings. The van der Waals surface area contributed by atoms with Crippen LogP contribution in [0.15, 0.2) is 36.1 Å². The molecular weight excluding hydrogens is 324 g/mol. The van der Waals surface area contributed by atoms with Gasteiger partial charge in [0.25, 0.3) is 0 Å². The number of esters is 1. The van der Waals surface area contributed by atoms with Crippen LogP contribution in [0.2, 0.25) is 0 Å². The third-order valence-electron chi connectivity index (χ3n) is 3.50. The van der Waals surface area contributed by atoms with Gasteiger partial charge in [0.15, 0.2) is 29.0 Å². The standard InChI is InChI=1S/C19H20O6/c1-4-9-24-16-8-6-13(11-17(16)23-3)5-7-14(20)18-15(21)10-12(2)25-19(18)22/h5-8,10-11,18H,4,9H2,1-3H3. The van der Waals surface area contributed by atoms with E-state index in [0.717, 1.165) is 12.5 Å². The molecule has 0 radical (unpaired) electrons. The number of ether oxygens (including phenoxy) is 3. The summed E-state index contributed by atoms with van der Waals surface area (Å²) in [4.78, 5) is 35.8. The molecule has 0 spiro atoms. The largest absolute Gasteiger partial charge is 0.493 e. The maximum absolute atomic E-state index is 12.2. The molecule has 0 amide bonds. The first-order valence-electron chi connectivity index (χ1n) is 7.92. The topological polar surface area (TPSA) is 78.9 Å². The van der Waals surface area contributed by atoms with Crippen LogP contribution >= 0.6 is 0 Å². The highest BCUT2D eigenvalue weighted by molar-refractivity contribution is 6.25. The van der Waals surface area contributed by atoms with Gasteiger partial charge in [-0.3, -0.25) is 14.4 Å². The van der Waals surface area contributed by atoms with Gasteiger partial charge in [-0.05, 0) is 37.1 Å². The zero-order valence-corrected chi connectivity index (χ0v) is 14.4. The Morgan fingerprint density at radius 1 is 1.28 bits per heavy atom. The van der Waals surface area contributed by atoms with Crippen molar-refractivity contribution in [2.75, 3.05) is 13.7 Å². The number of cyclic esters (lactones) is 1. The minimum atomic E-state index is -1.44. The van der Waals surface area contributed by atoms with E-state index in [9.17, 15) is 14.4 Å². The van der Waals surface area contributed by atoms with E-state index in [2.05, 4.69) is 0 Å². The molecule has 6 nitrogen and oxygen atoms in total. The lowest BCUT2D eigenvalue weighted by atomic mass is 9.96. The Kier molecular flexibility index (Phi) is 6.11. The van der Waals surface area contributed by atoms with Crippen molar-refractivity contribution >= 4 is 23.6 Å². The first-order valence-corrected chi connectivity index (χ1v) is 7.92. The Balaban J connectivity index is 2.14. The third kappa shape index (κ3) is 4.56. The first-order chi connectivity index (χ1) is 12.0. The van der Waals surface area contributed by atoms with Crippen LogP contribution in [0.4, 0.5) is 0 Å². The van der Waals surface area contributed by atoms with Gasteiger partial charge < -0.3 is 14.2 Å². The SMILES string of the molecule is CCCOc1ccc(C=CC(=O)C2C(=O)C=C(C)OC2=O)cc1OC. The second-order valence-corrected chi connectivity index (χ2v) is 5.51. The molecule has 0 aliphatic carbocycles. The van der Waals surface area contributed by atoms with Crippen LogP contribution in [0.5, 0.6) is 11.5 Å². The van der Waals surface area contributed by atoms with Crippen LogP contribution in [0.25, 0.3) is 6.08 Å². The molecule has 0 saturated heterocycles. The van der Waals surface area contributed by atoms with Gasteiger partial charge in [-0.15, -0.1) is 0 Å². The van der Waals surface area contributed by atoms with Crippen molar-refractivity contribution in [1.29, 1.82) is 0 Å². The molecule has 0 bridgehead atoms. The zero-order chi connectivity index (χ0) is 18.4. The summed E-state index contributed by atoms with van der Waals surface area (Å²) < 4.78 is 15.7. The molecule has 1 aromatic carbocycles. The van der Waals surface area contributed by atoms with Crippen LogP contribution in [0, 0.1) is 5.92 Å². The molecule has 132 valence electrons. The maximum Gasteiger partial charge on any atom is 0.329 e. The summed E-state index contributed by atoms with van der Waals surface area (Å²) in [6.45, 7) is 4.06. The Labute approximate surface area is 146 Å². The molecule has 0 aromatic heterocycles. The summed E-state index contributed by atoms with van der Waals surface area (Å²) in [5, 5.41) is 0. The van der Waals surface area contributed by atoms with Crippen molar-refractivity contribution < 1.29 is 28.6 Å². The van der Waals surface area contributed by atoms with E-state index in [1.807, 2.05) is 6.92 Å². The van der Waals surface area contributed by atoms with Gasteiger partial charge in [0.05, 0.1) is 13.7 Å². The fourth-order valence-electron chi connectivity index (χ4n) is 2.30. The average Bonchev–Trinajstić information content (AvgIpc) is 2.57. The van der Waals surface area contributed by atoms with Gasteiger partial charge in [0.1, 0.15) is 5.76 Å². The van der Waals surface area contributed by atoms with Gasteiger partial charge in [-0.1, -0.05) is 19.1 Å². The Morgan fingerprint density at radius 2 is 2.04 bits per heavy atom. The lowest BCUT2D eigenvalue weighted by Gasteiger charge is -2.15. The second kappa shape index (κ2) is 8.28. The highest BCUT2D eigenvalue weighted by atomic mass is 16.5. The minimum absolute atomic E-state index is 0.190. The molecule has 25 heavy (non-hydrogen) atoms. The van der Waals surface area contributed by atoms with E-state index >= 15 is 0 Å². The van der Waals surface area contributed by atoms with Gasteiger partial charge >= 0.3 is 5.97 Å². The molecule has 1 aliphatic rings. The summed E-state index contributed by atoms with van der Waals surface area (Å²) in [5.74, 6) is -2.13. The van der Waals surface area contributed by atoms with Crippen molar-refractivity contribution in [1.82, 2.24) is 0 Å². The summed E-state index contributed by atoms with van der Waals surface area (Å²) in [6, 6.07) is 5.20. The van der Waals surface area contributed by atoms with E-state index < -0.39 is 23.5 Å². The van der Waals surface area contributed by atoms with Crippen molar-refractivity contribution in [3.8, 4) is 11.5 Å². The predicted molar refractivity (Wildman–Crippen MR) is 91.2 cm³/mol. The van der Waals surface area contributed by atoms with Gasteiger partial charge in [-0.25, -0.2) is 0 Å². The number of allylic oxidation sites excluding steroid dienone is 3. The van der Waals surface area contributed by atoms with Crippen LogP contribution in [0.3, 0.4) is 0 Å². The Morgan fingerprint density at radius 3 is 2.68 bits per heavy atom. The molecule has 6 heteroatoms. The van der Waals surface area contributed by atoms with Gasteiger partial charge in [0.2, 0.25) is 0 Å². The lowest BCUT2D eigenvalue weighted by Crippen LogP contribution is -2.34. The molecule has 1 atom stereocenters. The molecule has 0 saturated carbocycles. The highest BCUT2D eigenvalue weighted by Crippen LogP contribution is 2.28. The lowest BCUT2D eigenvalue weighted by molar-refractivity contribution is -0.151. The number of hydrogen-bond acceptors (Lipinski definition) is 6. The van der Waals surface area contributed by atoms with Gasteiger partial charge in [-0.2, -0.15) is 0 Å². The average molecular weight is 344 g/mol. The fraction of sp³-hybridized carbons (Fsp3) is 0.316. The number of hydrogen-bond donors (Lipinski definition) is 0. The van der Waals surface area contributed by atoms with E-state index in [-0.39, 0.29) is 5.76 Å². The van der Waals surface area contributed by atoms with Crippen LogP contribution in [0.1, 0.15) is 25.8 Å². The molecule has 1 unspecified atom stereocenters. The monoisotopic (exact) mass is 344 g/mol. The van der Waals surface area contributed by atoms with Crippen LogP contribution < -0.4 is 9.47 Å². The molecular formula is C19H20O6. The summed E-state index contributed by atoms with van der Waals surface area (Å²) in [7, 11) is 1.53. The zero-order valence-electron chi connectivity index (χ0n) is 14.4. The van der Waals surface area contributed by atoms with Crippen molar-refractivity contribution in [2.24, 2.45) is 5.92 Å². The van der Waals surface area contributed by atoms with E-state index in [1.165, 1.54) is 26.2 Å². The van der Waals surface area contributed by atoms with Crippen molar-refractivity contribution in [2.45, 2.75) is 20.3 Å². The van der Waals surface area contributed by atoms with Gasteiger partial charge in [0, 0.05) is 6.08 Å². The van der Waals surface area contributed by atoms with Crippen LogP contribution in [-0.4, -0.2) is 31.3 Å². The van der Waals surface area contributed by atoms with Crippen molar-refractivity contribution in [3.05, 3.63) is 41.7 Å². The maximum atomic E-state index is 12.2. The second-order valence-electron chi connectivity index (χ2n) is 5.51. The fourth-order valence-corrected chi connectivity index (χ4v) is 2.30. The summed E-state index contributed by atoms with van der Waals surface area (Å²) in [5.41, 5.74) is 0.678. The van der Waals surface area contributed by atoms with E-state index in [0.29, 0.717) is 23.7 Å². The first kappa shape index (κ1) is 18.4. The quantitative estimate of drug-likeness (QED) is 0.430. The third-order valence-corrected chi connectivity index (χ3v) is 3.50. The molecule has 0 N–H and O–H groups in total. The van der Waals surface area contributed by atoms with Crippen molar-refractivity contribution in [3.63, 3.8) is 0 Å². The summed E-state index contributed by atoms with van der Waals surface area (Å²) in [6.07, 6.45) is 4.74. The van der Waals surface area contributed by atoms with E-state index in [4.69, 9.17) is 14.2 Å². The molecule has 2 rings (SSSR count). The highest BCUT2D eigenvalue weighted by Gasteiger charge is 2.36. The minimum Gasteiger partial charge on any atom is -0.493 e. The normalized spacial score (nSPS) is 17.2. The molecule has 1 heterocycles. The Bertz CT molecular complexity index is 744. The number of methoxy groups -OCH3 is 1. The molecule has 1 aliphatic heterocycles. The van der Waals surface area contributed by atoms with Crippen LogP contribution in [-0.2, 0) is 19.1 Å². The number of carbonyl (C=O) groups excluding carboxylic acids is 3. The smallest absolute Gasteiger partial charge is 0.329 e. The number of carbonyl (C=O) groups is 3. The number of rotatable bonds is 7.